The van der Waals surface area contributed by atoms with Crippen LogP contribution in [-0.4, -0.2) is 59.1 Å². The number of alkyl halides is 3. The van der Waals surface area contributed by atoms with Crippen LogP contribution in [0.2, 0.25) is 0 Å². The number of carbonyl (C=O) groups excluding carboxylic acids is 1. The van der Waals surface area contributed by atoms with Gasteiger partial charge in [0.05, 0.1) is 23.8 Å². The van der Waals surface area contributed by atoms with E-state index in [2.05, 4.69) is 25.8 Å². The number of thiazole rings is 1. The highest BCUT2D eigenvalue weighted by Crippen LogP contribution is 2.33. The number of hydrogen-bond donors (Lipinski definition) is 1. The van der Waals surface area contributed by atoms with Crippen molar-refractivity contribution < 1.29 is 32.5 Å². The Bertz CT molecular complexity index is 1160. The summed E-state index contributed by atoms with van der Waals surface area (Å²) in [5.41, 5.74) is -1.38. The Kier molecular flexibility index (Phi) is 8.47. The first-order valence-electron chi connectivity index (χ1n) is 12.6. The van der Waals surface area contributed by atoms with Crippen LogP contribution in [0.4, 0.5) is 13.2 Å². The van der Waals surface area contributed by atoms with Crippen molar-refractivity contribution in [1.29, 1.82) is 0 Å². The Morgan fingerprint density at radius 2 is 2.03 bits per heavy atom. The summed E-state index contributed by atoms with van der Waals surface area (Å²) in [5.74, 6) is -0.764. The maximum absolute atomic E-state index is 13.5. The number of ether oxygens (including phenoxy) is 2. The van der Waals surface area contributed by atoms with Gasteiger partial charge >= 0.3 is 6.18 Å². The highest BCUT2D eigenvalue weighted by molar-refractivity contribution is 7.09. The molecule has 3 heterocycles. The Hall–Kier alpha value is -2.21. The minimum Gasteiger partial charge on any atom is -0.491 e. The molecule has 1 aromatic carbocycles. The van der Waals surface area contributed by atoms with E-state index in [9.17, 15) is 23.1 Å². The van der Waals surface area contributed by atoms with Crippen molar-refractivity contribution in [3.8, 4) is 5.75 Å². The molecule has 7 nitrogen and oxygen atoms in total. The van der Waals surface area contributed by atoms with Crippen LogP contribution in [0.5, 0.6) is 5.75 Å². The zero-order valence-electron chi connectivity index (χ0n) is 21.4. The summed E-state index contributed by atoms with van der Waals surface area (Å²) in [6, 6.07) is 2.87. The number of aliphatic hydroxyl groups excluding tert-OH is 1. The molecular weight excluding hydrogens is 507 g/mol. The lowest BCUT2D eigenvalue weighted by molar-refractivity contribution is -0.137. The standard InChI is InChI=1S/C26H34F3N3O4S/c1-25(2,3)21-16-32(15-18-6-5-12-35-18)24(37-21)30-23(34)19-14-17(26(27,28)29)8-9-20(19)36-13-11-31-10-4-7-22(31)33/h8-9,14,16,18,22,33H,4-7,10-13,15H2,1-3H3/t18-,22?/m1/s1. The number of carbonyl (C=O) groups is 1. The van der Waals surface area contributed by atoms with E-state index in [4.69, 9.17) is 9.47 Å². The first kappa shape index (κ1) is 27.8. The van der Waals surface area contributed by atoms with E-state index < -0.39 is 23.9 Å². The minimum absolute atomic E-state index is 0.00450. The summed E-state index contributed by atoms with van der Waals surface area (Å²) in [6.45, 7) is 8.60. The second kappa shape index (κ2) is 11.3. The largest absolute Gasteiger partial charge is 0.491 e. The number of rotatable bonds is 7. The van der Waals surface area contributed by atoms with E-state index in [1.807, 2.05) is 15.7 Å². The van der Waals surface area contributed by atoms with E-state index in [-0.39, 0.29) is 29.4 Å². The average molecular weight is 542 g/mol. The fourth-order valence-corrected chi connectivity index (χ4v) is 5.50. The molecule has 2 saturated heterocycles. The molecule has 4 rings (SSSR count). The SMILES string of the molecule is CC(C)(C)c1cn(C[C@H]2CCCO2)c(=NC(=O)c2cc(C(F)(F)F)ccc2OCCN2CCCC2O)s1. The molecule has 1 N–H and O–H groups in total. The van der Waals surface area contributed by atoms with Crippen molar-refractivity contribution in [3.05, 3.63) is 45.2 Å². The smallest absolute Gasteiger partial charge is 0.416 e. The molecule has 11 heteroatoms. The molecule has 2 aliphatic rings. The number of benzene rings is 1. The van der Waals surface area contributed by atoms with Gasteiger partial charge in [0.15, 0.2) is 4.80 Å². The fourth-order valence-electron chi connectivity index (χ4n) is 4.44. The summed E-state index contributed by atoms with van der Waals surface area (Å²) >= 11 is 1.35. The molecule has 1 aromatic heterocycles. The molecule has 2 aliphatic heterocycles. The maximum Gasteiger partial charge on any atom is 0.416 e. The normalized spacial score (nSPS) is 21.6. The van der Waals surface area contributed by atoms with Crippen LogP contribution < -0.4 is 9.54 Å². The molecule has 2 aromatic rings. The van der Waals surface area contributed by atoms with Crippen LogP contribution in [0.3, 0.4) is 0 Å². The van der Waals surface area contributed by atoms with Crippen LogP contribution >= 0.6 is 11.3 Å². The van der Waals surface area contributed by atoms with E-state index in [1.165, 1.54) is 17.4 Å². The molecule has 0 aliphatic carbocycles. The highest BCUT2D eigenvalue weighted by atomic mass is 32.1. The van der Waals surface area contributed by atoms with Crippen LogP contribution in [-0.2, 0) is 22.9 Å². The molecular formula is C26H34F3N3O4S. The summed E-state index contributed by atoms with van der Waals surface area (Å²) in [6.07, 6.45) is 0.190. The van der Waals surface area contributed by atoms with Crippen molar-refractivity contribution >= 4 is 17.2 Å². The quantitative estimate of drug-likeness (QED) is 0.556. The molecule has 37 heavy (non-hydrogen) atoms. The monoisotopic (exact) mass is 541 g/mol. The predicted octanol–water partition coefficient (Wildman–Crippen LogP) is 4.58. The summed E-state index contributed by atoms with van der Waals surface area (Å²) < 4.78 is 53.8. The number of aromatic nitrogens is 1. The zero-order chi connectivity index (χ0) is 26.8. The second-order valence-electron chi connectivity index (χ2n) is 10.5. The third-order valence-corrected chi connectivity index (χ3v) is 8.03. The van der Waals surface area contributed by atoms with Gasteiger partial charge in [-0.3, -0.25) is 9.69 Å². The zero-order valence-corrected chi connectivity index (χ0v) is 22.2. The Balaban J connectivity index is 1.65. The lowest BCUT2D eigenvalue weighted by Crippen LogP contribution is -2.32. The molecule has 204 valence electrons. The van der Waals surface area contributed by atoms with E-state index >= 15 is 0 Å². The summed E-state index contributed by atoms with van der Waals surface area (Å²) in [4.78, 5) is 20.9. The Morgan fingerprint density at radius 1 is 1.24 bits per heavy atom. The number of hydrogen-bond acceptors (Lipinski definition) is 6. The second-order valence-corrected chi connectivity index (χ2v) is 11.6. The van der Waals surface area contributed by atoms with Crippen LogP contribution in [0.1, 0.15) is 67.3 Å². The highest BCUT2D eigenvalue weighted by Gasteiger charge is 2.32. The van der Waals surface area contributed by atoms with E-state index in [0.717, 1.165) is 42.8 Å². The van der Waals surface area contributed by atoms with Crippen molar-refractivity contribution in [2.45, 2.75) is 76.9 Å². The van der Waals surface area contributed by atoms with E-state index in [1.54, 1.807) is 0 Å². The van der Waals surface area contributed by atoms with E-state index in [0.29, 0.717) is 30.9 Å². The molecule has 0 bridgehead atoms. The molecule has 1 unspecified atom stereocenters. The van der Waals surface area contributed by atoms with Crippen molar-refractivity contribution in [2.75, 3.05) is 26.3 Å². The van der Waals surface area contributed by atoms with Gasteiger partial charge < -0.3 is 19.1 Å². The van der Waals surface area contributed by atoms with Crippen LogP contribution in [0.15, 0.2) is 29.4 Å². The van der Waals surface area contributed by atoms with Gasteiger partial charge in [0.2, 0.25) is 0 Å². The molecule has 2 atom stereocenters. The number of amides is 1. The van der Waals surface area contributed by atoms with Gasteiger partial charge in [0.25, 0.3) is 5.91 Å². The van der Waals surface area contributed by atoms with Gasteiger partial charge in [-0.1, -0.05) is 20.8 Å². The van der Waals surface area contributed by atoms with Gasteiger partial charge in [-0.05, 0) is 49.3 Å². The van der Waals surface area contributed by atoms with Gasteiger partial charge in [0.1, 0.15) is 18.6 Å². The predicted molar refractivity (Wildman–Crippen MR) is 134 cm³/mol. The molecule has 2 fully saturated rings. The molecule has 0 spiro atoms. The van der Waals surface area contributed by atoms with Crippen LogP contribution in [0, 0.1) is 0 Å². The topological polar surface area (TPSA) is 76.3 Å². The lowest BCUT2D eigenvalue weighted by atomic mass is 9.95. The number of nitrogens with zero attached hydrogens (tertiary/aromatic N) is 3. The number of likely N-dealkylation sites (tertiary alicyclic amines) is 1. The molecule has 0 saturated carbocycles. The summed E-state index contributed by atoms with van der Waals surface area (Å²) in [7, 11) is 0. The average Bonchev–Trinajstić information content (AvgIpc) is 3.56. The third kappa shape index (κ3) is 7.01. The van der Waals surface area contributed by atoms with Crippen molar-refractivity contribution in [2.24, 2.45) is 4.99 Å². The van der Waals surface area contributed by atoms with Crippen molar-refractivity contribution in [1.82, 2.24) is 9.47 Å². The van der Waals surface area contributed by atoms with Gasteiger partial charge in [-0.2, -0.15) is 18.2 Å². The Labute approximate surface area is 218 Å². The fraction of sp³-hybridized carbons (Fsp3) is 0.615. The first-order chi connectivity index (χ1) is 17.4. The maximum atomic E-state index is 13.5. The first-order valence-corrected chi connectivity index (χ1v) is 13.4. The molecule has 1 amide bonds. The molecule has 0 radical (unpaired) electrons. The number of aliphatic hydroxyl groups is 1. The minimum atomic E-state index is -4.62. The van der Waals surface area contributed by atoms with Gasteiger partial charge in [-0.15, -0.1) is 11.3 Å². The van der Waals surface area contributed by atoms with Gasteiger partial charge in [0, 0.05) is 30.8 Å². The van der Waals surface area contributed by atoms with Gasteiger partial charge in [-0.25, -0.2) is 0 Å². The van der Waals surface area contributed by atoms with Crippen LogP contribution in [0.25, 0.3) is 0 Å². The number of halogens is 3. The lowest BCUT2D eigenvalue weighted by Gasteiger charge is -2.20. The summed E-state index contributed by atoms with van der Waals surface area (Å²) in [5, 5.41) is 9.97. The third-order valence-electron chi connectivity index (χ3n) is 6.58. The van der Waals surface area contributed by atoms with Crippen molar-refractivity contribution in [3.63, 3.8) is 0 Å². The Morgan fingerprint density at radius 3 is 2.65 bits per heavy atom.